The van der Waals surface area contributed by atoms with Crippen LogP contribution in [0.4, 0.5) is 14.5 Å². The Kier molecular flexibility index (Phi) is 4.34. The molecule has 0 spiro atoms. The number of rotatable bonds is 2. The first-order chi connectivity index (χ1) is 12.9. The first-order valence-corrected chi connectivity index (χ1v) is 9.01. The quantitative estimate of drug-likeness (QED) is 0.686. The molecule has 27 heavy (non-hydrogen) atoms. The summed E-state index contributed by atoms with van der Waals surface area (Å²) in [6.07, 6.45) is 1.77. The average Bonchev–Trinajstić information content (AvgIpc) is 3.11. The molecule has 0 atom stereocenters. The molecule has 0 N–H and O–H groups in total. The summed E-state index contributed by atoms with van der Waals surface area (Å²) in [6.45, 7) is 6.04. The number of fused-ring (bicyclic) bond motifs is 1. The summed E-state index contributed by atoms with van der Waals surface area (Å²) in [5, 5.41) is 0.524. The molecule has 0 saturated carbocycles. The second-order valence-corrected chi connectivity index (χ2v) is 6.97. The summed E-state index contributed by atoms with van der Waals surface area (Å²) in [7, 11) is 0. The highest BCUT2D eigenvalue weighted by molar-refractivity contribution is 5.85. The number of hydrogen-bond acceptors (Lipinski definition) is 2. The van der Waals surface area contributed by atoms with E-state index in [1.807, 2.05) is 17.6 Å². The summed E-state index contributed by atoms with van der Waals surface area (Å²) >= 11 is 0. The van der Waals surface area contributed by atoms with Gasteiger partial charge >= 0.3 is 0 Å². The Morgan fingerprint density at radius 2 is 1.67 bits per heavy atom. The Morgan fingerprint density at radius 3 is 2.37 bits per heavy atom. The molecule has 1 aromatic heterocycles. The highest BCUT2D eigenvalue weighted by Gasteiger charge is 2.20. The number of aryl methyl sites for hydroxylation is 1. The van der Waals surface area contributed by atoms with Crippen molar-refractivity contribution in [1.82, 2.24) is 9.47 Å². The van der Waals surface area contributed by atoms with Crippen LogP contribution in [-0.4, -0.2) is 41.6 Å². The molecule has 0 bridgehead atoms. The van der Waals surface area contributed by atoms with Crippen molar-refractivity contribution >= 4 is 22.5 Å². The number of amides is 1. The van der Waals surface area contributed by atoms with Gasteiger partial charge in [-0.3, -0.25) is 4.79 Å². The number of piperazine rings is 1. The van der Waals surface area contributed by atoms with Crippen molar-refractivity contribution in [3.05, 3.63) is 59.8 Å². The van der Waals surface area contributed by atoms with Crippen molar-refractivity contribution in [2.45, 2.75) is 13.8 Å². The Labute approximate surface area is 156 Å². The van der Waals surface area contributed by atoms with Gasteiger partial charge in [-0.15, -0.1) is 0 Å². The fraction of sp³-hybridized carbons (Fsp3) is 0.286. The predicted molar refractivity (Wildman–Crippen MR) is 102 cm³/mol. The predicted octanol–water partition coefficient (Wildman–Crippen LogP) is 3.89. The summed E-state index contributed by atoms with van der Waals surface area (Å²) in [6, 6.07) is 9.78. The van der Waals surface area contributed by atoms with Crippen LogP contribution in [-0.2, 0) is 4.79 Å². The second kappa shape index (κ2) is 6.68. The Balaban J connectivity index is 1.72. The number of anilines is 1. The van der Waals surface area contributed by atoms with E-state index in [2.05, 4.69) is 4.90 Å². The summed E-state index contributed by atoms with van der Waals surface area (Å²) in [5.41, 5.74) is 3.09. The fourth-order valence-electron chi connectivity index (χ4n) is 3.77. The maximum absolute atomic E-state index is 14.4. The molecule has 2 heterocycles. The Bertz CT molecular complexity index is 1020. The van der Waals surface area contributed by atoms with Crippen LogP contribution < -0.4 is 4.90 Å². The lowest BCUT2D eigenvalue weighted by Crippen LogP contribution is -2.48. The SMILES string of the molecule is CC(=O)N1CCN(c2cc(F)cc(-n3ccc4c(F)ccc(C)c43)c2)CC1. The molecule has 2 aromatic carbocycles. The van der Waals surface area contributed by atoms with Gasteiger partial charge in [0.25, 0.3) is 0 Å². The van der Waals surface area contributed by atoms with Crippen LogP contribution in [0.2, 0.25) is 0 Å². The van der Waals surface area contributed by atoms with E-state index < -0.39 is 0 Å². The lowest BCUT2D eigenvalue weighted by Gasteiger charge is -2.35. The number of nitrogens with zero attached hydrogens (tertiary/aromatic N) is 3. The molecule has 1 amide bonds. The molecule has 4 rings (SSSR count). The van der Waals surface area contributed by atoms with Crippen LogP contribution in [0.15, 0.2) is 42.6 Å². The van der Waals surface area contributed by atoms with Gasteiger partial charge in [-0.2, -0.15) is 0 Å². The molecule has 1 aliphatic rings. The van der Waals surface area contributed by atoms with Crippen molar-refractivity contribution < 1.29 is 13.6 Å². The zero-order valence-corrected chi connectivity index (χ0v) is 15.4. The Morgan fingerprint density at radius 1 is 0.963 bits per heavy atom. The number of benzene rings is 2. The van der Waals surface area contributed by atoms with E-state index in [4.69, 9.17) is 0 Å². The smallest absolute Gasteiger partial charge is 0.219 e. The molecule has 6 heteroatoms. The zero-order chi connectivity index (χ0) is 19.1. The van der Waals surface area contributed by atoms with Crippen LogP contribution in [0, 0.1) is 18.6 Å². The van der Waals surface area contributed by atoms with Gasteiger partial charge < -0.3 is 14.4 Å². The van der Waals surface area contributed by atoms with Crippen molar-refractivity contribution in [3.8, 4) is 5.69 Å². The van der Waals surface area contributed by atoms with Gasteiger partial charge in [-0.1, -0.05) is 6.07 Å². The summed E-state index contributed by atoms with van der Waals surface area (Å²) in [5.74, 6) is -0.565. The molecule has 1 fully saturated rings. The zero-order valence-electron chi connectivity index (χ0n) is 15.4. The van der Waals surface area contributed by atoms with E-state index >= 15 is 0 Å². The molecule has 0 radical (unpaired) electrons. The van der Waals surface area contributed by atoms with Crippen LogP contribution in [0.5, 0.6) is 0 Å². The number of carbonyl (C=O) groups is 1. The third-order valence-corrected chi connectivity index (χ3v) is 5.23. The van der Waals surface area contributed by atoms with E-state index in [1.165, 1.54) is 18.2 Å². The summed E-state index contributed by atoms with van der Waals surface area (Å²) < 4.78 is 30.3. The van der Waals surface area contributed by atoms with Gasteiger partial charge in [0.15, 0.2) is 0 Å². The molecular formula is C21H21F2N3O. The molecule has 0 aliphatic carbocycles. The monoisotopic (exact) mass is 369 g/mol. The van der Waals surface area contributed by atoms with Gasteiger partial charge in [0.1, 0.15) is 11.6 Å². The fourth-order valence-corrected chi connectivity index (χ4v) is 3.77. The van der Waals surface area contributed by atoms with Crippen molar-refractivity contribution in [3.63, 3.8) is 0 Å². The van der Waals surface area contributed by atoms with Gasteiger partial charge in [-0.05, 0) is 42.8 Å². The minimum atomic E-state index is -0.340. The topological polar surface area (TPSA) is 28.5 Å². The maximum atomic E-state index is 14.4. The maximum Gasteiger partial charge on any atom is 0.219 e. The van der Waals surface area contributed by atoms with E-state index in [-0.39, 0.29) is 17.5 Å². The third kappa shape index (κ3) is 3.16. The van der Waals surface area contributed by atoms with Crippen molar-refractivity contribution in [2.75, 3.05) is 31.1 Å². The summed E-state index contributed by atoms with van der Waals surface area (Å²) in [4.78, 5) is 15.4. The molecule has 140 valence electrons. The van der Waals surface area contributed by atoms with Crippen molar-refractivity contribution in [2.24, 2.45) is 0 Å². The average molecular weight is 369 g/mol. The van der Waals surface area contributed by atoms with Crippen molar-refractivity contribution in [1.29, 1.82) is 0 Å². The number of hydrogen-bond donors (Lipinski definition) is 0. The minimum Gasteiger partial charge on any atom is -0.368 e. The normalized spacial score (nSPS) is 14.8. The van der Waals surface area contributed by atoms with Crippen LogP contribution in [0.1, 0.15) is 12.5 Å². The van der Waals surface area contributed by atoms with Crippen LogP contribution in [0.3, 0.4) is 0 Å². The third-order valence-electron chi connectivity index (χ3n) is 5.23. The first kappa shape index (κ1) is 17.5. The number of aromatic nitrogens is 1. The van der Waals surface area contributed by atoms with Gasteiger partial charge in [0, 0.05) is 50.4 Å². The standard InChI is InChI=1S/C21H21F2N3O/c1-14-3-4-20(23)19-5-6-26(21(14)19)18-12-16(22)11-17(13-18)25-9-7-24(8-10-25)15(2)27/h3-6,11-13H,7-10H2,1-2H3. The van der Waals surface area contributed by atoms with Crippen LogP contribution in [0.25, 0.3) is 16.6 Å². The molecule has 4 nitrogen and oxygen atoms in total. The van der Waals surface area contributed by atoms with Gasteiger partial charge in [-0.25, -0.2) is 8.78 Å². The van der Waals surface area contributed by atoms with Gasteiger partial charge in [0.05, 0.1) is 11.2 Å². The van der Waals surface area contributed by atoms with Gasteiger partial charge in [0.2, 0.25) is 5.91 Å². The molecule has 0 unspecified atom stereocenters. The molecular weight excluding hydrogens is 348 g/mol. The van der Waals surface area contributed by atoms with E-state index in [0.29, 0.717) is 37.3 Å². The minimum absolute atomic E-state index is 0.0610. The Hall–Kier alpha value is -2.89. The molecule has 1 aliphatic heterocycles. The highest BCUT2D eigenvalue weighted by Crippen LogP contribution is 2.29. The van der Waals surface area contributed by atoms with Crippen LogP contribution >= 0.6 is 0 Å². The van der Waals surface area contributed by atoms with E-state index in [9.17, 15) is 13.6 Å². The number of carbonyl (C=O) groups excluding carboxylic acids is 1. The van der Waals surface area contributed by atoms with E-state index in [0.717, 1.165) is 16.8 Å². The van der Waals surface area contributed by atoms with E-state index in [1.54, 1.807) is 30.2 Å². The first-order valence-electron chi connectivity index (χ1n) is 9.01. The highest BCUT2D eigenvalue weighted by atomic mass is 19.1. The lowest BCUT2D eigenvalue weighted by atomic mass is 10.1. The number of halogens is 2. The largest absolute Gasteiger partial charge is 0.368 e. The second-order valence-electron chi connectivity index (χ2n) is 6.97. The molecule has 3 aromatic rings. The molecule has 1 saturated heterocycles. The lowest BCUT2D eigenvalue weighted by molar-refractivity contribution is -0.129.